The molecule has 0 aliphatic heterocycles. The average molecular weight is 258 g/mol. The minimum atomic E-state index is -0.178. The van der Waals surface area contributed by atoms with Crippen LogP contribution in [0.5, 0.6) is 0 Å². The number of hydrogen-bond acceptors (Lipinski definition) is 4. The maximum Gasteiger partial charge on any atom is 0.201 e. The molecule has 3 nitrogen and oxygen atoms in total. The van der Waals surface area contributed by atoms with Crippen LogP contribution in [0.25, 0.3) is 0 Å². The molecular formula is C8H4BrNO2S. The monoisotopic (exact) mass is 257 g/mol. The van der Waals surface area contributed by atoms with Crippen LogP contribution in [-0.2, 0) is 0 Å². The fraction of sp³-hybridized carbons (Fsp3) is 0. The van der Waals surface area contributed by atoms with Crippen LogP contribution >= 0.6 is 27.3 Å². The maximum atomic E-state index is 11.5. The van der Waals surface area contributed by atoms with Gasteiger partial charge in [0.2, 0.25) is 5.78 Å². The number of Topliss-reactive ketones (excluding diaryl/α,β-unsaturated/α-hetero) is 1. The number of carbonyl (C=O) groups excluding carboxylic acids is 2. The van der Waals surface area contributed by atoms with Crippen molar-refractivity contribution in [1.82, 2.24) is 0 Å². The molecule has 0 bridgehead atoms. The van der Waals surface area contributed by atoms with Gasteiger partial charge in [0.05, 0.1) is 14.4 Å². The van der Waals surface area contributed by atoms with Crippen molar-refractivity contribution in [3.63, 3.8) is 0 Å². The Labute approximate surface area is 86.4 Å². The lowest BCUT2D eigenvalue weighted by atomic mass is 10.0. The van der Waals surface area contributed by atoms with Crippen molar-refractivity contribution >= 4 is 43.8 Å². The molecule has 0 aromatic carbocycles. The van der Waals surface area contributed by atoms with E-state index in [2.05, 4.69) is 15.9 Å². The van der Waals surface area contributed by atoms with Gasteiger partial charge in [-0.2, -0.15) is 0 Å². The van der Waals surface area contributed by atoms with Crippen molar-refractivity contribution in [3.05, 3.63) is 27.1 Å². The fourth-order valence-corrected chi connectivity index (χ4v) is 2.39. The van der Waals surface area contributed by atoms with Crippen LogP contribution in [0.1, 0.15) is 20.0 Å². The normalized spacial score (nSPS) is 15.6. The van der Waals surface area contributed by atoms with Crippen molar-refractivity contribution in [2.75, 3.05) is 5.73 Å². The lowest BCUT2D eigenvalue weighted by molar-refractivity contribution is 0.0995. The van der Waals surface area contributed by atoms with E-state index in [0.29, 0.717) is 19.9 Å². The van der Waals surface area contributed by atoms with E-state index in [1.807, 2.05) is 0 Å². The summed E-state index contributed by atoms with van der Waals surface area (Å²) in [6, 6.07) is 1.54. The van der Waals surface area contributed by atoms with Crippen LogP contribution in [0.4, 0.5) is 5.00 Å². The van der Waals surface area contributed by atoms with E-state index in [4.69, 9.17) is 5.73 Å². The number of nitrogen functional groups attached to an aromatic ring is 1. The predicted octanol–water partition coefficient (Wildman–Crippen LogP) is 1.99. The van der Waals surface area contributed by atoms with Crippen LogP contribution in [0, 0.1) is 0 Å². The highest BCUT2D eigenvalue weighted by Gasteiger charge is 2.26. The number of thiophene rings is 1. The standard InChI is InChI=1S/C8H4BrNO2S/c9-4-2-5(11)8-3(7(4)12)1-6(10)13-8/h1-2H,10H2. The quantitative estimate of drug-likeness (QED) is 0.774. The zero-order valence-corrected chi connectivity index (χ0v) is 8.74. The number of fused-ring (bicyclic) bond motifs is 1. The molecule has 66 valence electrons. The van der Waals surface area contributed by atoms with Gasteiger partial charge in [-0.1, -0.05) is 0 Å². The van der Waals surface area contributed by atoms with E-state index in [0.717, 1.165) is 11.3 Å². The number of anilines is 1. The Balaban J connectivity index is 2.67. The first kappa shape index (κ1) is 8.65. The Kier molecular flexibility index (Phi) is 1.85. The van der Waals surface area contributed by atoms with Gasteiger partial charge in [-0.15, -0.1) is 11.3 Å². The second kappa shape index (κ2) is 2.78. The highest BCUT2D eigenvalue weighted by Crippen LogP contribution is 2.32. The van der Waals surface area contributed by atoms with E-state index < -0.39 is 0 Å². The molecule has 2 rings (SSSR count). The molecule has 5 heteroatoms. The van der Waals surface area contributed by atoms with Crippen LogP contribution in [-0.4, -0.2) is 11.6 Å². The molecule has 1 aliphatic carbocycles. The van der Waals surface area contributed by atoms with Crippen molar-refractivity contribution in [1.29, 1.82) is 0 Å². The minimum Gasteiger partial charge on any atom is -0.391 e. The first-order valence-electron chi connectivity index (χ1n) is 3.45. The van der Waals surface area contributed by atoms with Crippen molar-refractivity contribution in [2.24, 2.45) is 0 Å². The minimum absolute atomic E-state index is 0.164. The van der Waals surface area contributed by atoms with Gasteiger partial charge in [0.1, 0.15) is 0 Å². The highest BCUT2D eigenvalue weighted by molar-refractivity contribution is 9.12. The lowest BCUT2D eigenvalue weighted by Crippen LogP contribution is -2.10. The topological polar surface area (TPSA) is 60.2 Å². The number of hydrogen-bond donors (Lipinski definition) is 1. The molecule has 13 heavy (non-hydrogen) atoms. The summed E-state index contributed by atoms with van der Waals surface area (Å²) in [5.41, 5.74) is 5.91. The highest BCUT2D eigenvalue weighted by atomic mass is 79.9. The Bertz CT molecular complexity index is 447. The summed E-state index contributed by atoms with van der Waals surface area (Å²) >= 11 is 4.17. The third kappa shape index (κ3) is 1.24. The van der Waals surface area contributed by atoms with Crippen LogP contribution in [0.15, 0.2) is 16.6 Å². The first-order valence-corrected chi connectivity index (χ1v) is 5.06. The molecule has 0 atom stereocenters. The van der Waals surface area contributed by atoms with Gasteiger partial charge in [0.15, 0.2) is 5.78 Å². The molecule has 2 N–H and O–H groups in total. The van der Waals surface area contributed by atoms with Gasteiger partial charge in [-0.3, -0.25) is 9.59 Å². The second-order valence-corrected chi connectivity index (χ2v) is 4.52. The van der Waals surface area contributed by atoms with Crippen molar-refractivity contribution in [2.45, 2.75) is 0 Å². The molecule has 1 aliphatic rings. The molecule has 0 saturated carbocycles. The number of carbonyl (C=O) groups is 2. The van der Waals surface area contributed by atoms with E-state index >= 15 is 0 Å². The summed E-state index contributed by atoms with van der Waals surface area (Å²) in [5.74, 6) is -0.342. The van der Waals surface area contributed by atoms with E-state index in [-0.39, 0.29) is 11.6 Å². The van der Waals surface area contributed by atoms with Crippen LogP contribution < -0.4 is 5.73 Å². The van der Waals surface area contributed by atoms with Crippen molar-refractivity contribution in [3.8, 4) is 0 Å². The molecule has 0 fully saturated rings. The molecule has 0 saturated heterocycles. The van der Waals surface area contributed by atoms with Gasteiger partial charge >= 0.3 is 0 Å². The first-order chi connectivity index (χ1) is 6.09. The predicted molar refractivity (Wildman–Crippen MR) is 54.4 cm³/mol. The summed E-state index contributed by atoms with van der Waals surface area (Å²) in [6.45, 7) is 0. The zero-order valence-electron chi connectivity index (χ0n) is 6.33. The molecule has 0 unspecified atom stereocenters. The van der Waals surface area contributed by atoms with Crippen molar-refractivity contribution < 1.29 is 9.59 Å². The van der Waals surface area contributed by atoms with Crippen LogP contribution in [0.3, 0.4) is 0 Å². The molecule has 1 aromatic rings. The van der Waals surface area contributed by atoms with Gasteiger partial charge in [0.25, 0.3) is 0 Å². The largest absolute Gasteiger partial charge is 0.391 e. The number of nitrogens with two attached hydrogens (primary N) is 1. The van der Waals surface area contributed by atoms with E-state index in [1.165, 1.54) is 12.1 Å². The molecule has 0 amide bonds. The summed E-state index contributed by atoms with van der Waals surface area (Å²) in [6.07, 6.45) is 1.28. The molecule has 1 aromatic heterocycles. The lowest BCUT2D eigenvalue weighted by Gasteiger charge is -2.04. The Morgan fingerprint density at radius 2 is 2.08 bits per heavy atom. The van der Waals surface area contributed by atoms with E-state index in [1.54, 1.807) is 0 Å². The molecular weight excluding hydrogens is 254 g/mol. The van der Waals surface area contributed by atoms with Crippen LogP contribution in [0.2, 0.25) is 0 Å². The number of rotatable bonds is 0. The smallest absolute Gasteiger partial charge is 0.201 e. The zero-order chi connectivity index (χ0) is 9.59. The number of halogens is 1. The SMILES string of the molecule is Nc1cc2c(s1)C(=O)C=C(Br)C2=O. The van der Waals surface area contributed by atoms with Gasteiger partial charge < -0.3 is 5.73 Å². The van der Waals surface area contributed by atoms with Gasteiger partial charge in [0, 0.05) is 11.6 Å². The average Bonchev–Trinajstić information content (AvgIpc) is 2.44. The maximum absolute atomic E-state index is 11.5. The Morgan fingerprint density at radius 1 is 1.38 bits per heavy atom. The third-order valence-corrected chi connectivity index (χ3v) is 3.26. The fourth-order valence-electron chi connectivity index (χ4n) is 1.14. The Hall–Kier alpha value is -0.940. The summed E-state index contributed by atoms with van der Waals surface area (Å²) in [7, 11) is 0. The van der Waals surface area contributed by atoms with E-state index in [9.17, 15) is 9.59 Å². The van der Waals surface area contributed by atoms with Gasteiger partial charge in [-0.05, 0) is 22.0 Å². The van der Waals surface area contributed by atoms with Gasteiger partial charge in [-0.25, -0.2) is 0 Å². The molecule has 0 spiro atoms. The summed E-state index contributed by atoms with van der Waals surface area (Å²) < 4.78 is 0.294. The number of allylic oxidation sites excluding steroid dienone is 2. The molecule has 0 radical (unpaired) electrons. The Morgan fingerprint density at radius 3 is 2.77 bits per heavy atom. The second-order valence-electron chi connectivity index (χ2n) is 2.58. The molecule has 1 heterocycles. The third-order valence-electron chi connectivity index (χ3n) is 1.69. The summed E-state index contributed by atoms with van der Waals surface area (Å²) in [5, 5.41) is 0.488. The summed E-state index contributed by atoms with van der Waals surface area (Å²) in [4.78, 5) is 23.2. The number of ketones is 2.